The molecule has 4 N–H and O–H groups in total. The number of anilines is 1. The minimum Gasteiger partial charge on any atom is -0.507 e. The number of phenols is 1. The van der Waals surface area contributed by atoms with Gasteiger partial charge in [-0.2, -0.15) is 0 Å². The smallest absolute Gasteiger partial charge is 0.341 e. The van der Waals surface area contributed by atoms with Gasteiger partial charge in [-0.05, 0) is 12.1 Å². The standard InChI is InChI=1S/C10H12ClNO4/c11-4-6(13)5-12-7-2-1-3-8(14)9(7)10(15)16/h1-3,6,12-14H,4-5H2,(H,15,16). The lowest BCUT2D eigenvalue weighted by atomic mass is 10.1. The number of carboxylic acids is 1. The van der Waals surface area contributed by atoms with E-state index in [4.69, 9.17) is 16.7 Å². The number of carbonyl (C=O) groups is 1. The summed E-state index contributed by atoms with van der Waals surface area (Å²) in [5, 5.41) is 30.2. The van der Waals surface area contributed by atoms with Crippen LogP contribution in [0.3, 0.4) is 0 Å². The summed E-state index contributed by atoms with van der Waals surface area (Å²) in [5.74, 6) is -1.51. The van der Waals surface area contributed by atoms with Crippen molar-refractivity contribution in [1.82, 2.24) is 0 Å². The van der Waals surface area contributed by atoms with Gasteiger partial charge in [0.2, 0.25) is 0 Å². The molecule has 1 rings (SSSR count). The Morgan fingerprint density at radius 2 is 2.19 bits per heavy atom. The van der Waals surface area contributed by atoms with Crippen molar-refractivity contribution >= 4 is 23.3 Å². The van der Waals surface area contributed by atoms with Gasteiger partial charge in [0.05, 0.1) is 17.7 Å². The average Bonchev–Trinajstić information content (AvgIpc) is 2.25. The van der Waals surface area contributed by atoms with Crippen molar-refractivity contribution in [2.45, 2.75) is 6.10 Å². The largest absolute Gasteiger partial charge is 0.507 e. The third-order valence-corrected chi connectivity index (χ3v) is 2.32. The highest BCUT2D eigenvalue weighted by molar-refractivity contribution is 6.18. The summed E-state index contributed by atoms with van der Waals surface area (Å²) >= 11 is 5.40. The minimum absolute atomic E-state index is 0.0498. The van der Waals surface area contributed by atoms with Gasteiger partial charge in [0.1, 0.15) is 11.3 Å². The first-order chi connectivity index (χ1) is 7.56. The summed E-state index contributed by atoms with van der Waals surface area (Å²) in [6.07, 6.45) is -0.773. The van der Waals surface area contributed by atoms with E-state index in [2.05, 4.69) is 5.32 Å². The summed E-state index contributed by atoms with van der Waals surface area (Å²) in [5.41, 5.74) is 0.0286. The van der Waals surface area contributed by atoms with Crippen LogP contribution in [-0.4, -0.2) is 39.8 Å². The number of hydrogen-bond donors (Lipinski definition) is 4. The molecule has 0 spiro atoms. The maximum absolute atomic E-state index is 10.9. The Morgan fingerprint density at radius 3 is 2.75 bits per heavy atom. The summed E-state index contributed by atoms with van der Waals surface area (Å²) in [7, 11) is 0. The predicted octanol–water partition coefficient (Wildman–Crippen LogP) is 1.10. The van der Waals surface area contributed by atoms with Crippen molar-refractivity contribution in [1.29, 1.82) is 0 Å². The number of nitrogens with one attached hydrogen (secondary N) is 1. The molecule has 0 heterocycles. The Kier molecular flexibility index (Phi) is 4.39. The lowest BCUT2D eigenvalue weighted by molar-refractivity contribution is 0.0694. The summed E-state index contributed by atoms with van der Waals surface area (Å²) < 4.78 is 0. The van der Waals surface area contributed by atoms with Crippen LogP contribution in [0.4, 0.5) is 5.69 Å². The van der Waals surface area contributed by atoms with E-state index in [1.807, 2.05) is 0 Å². The normalized spacial score (nSPS) is 12.1. The summed E-state index contributed by atoms with van der Waals surface area (Å²) in [4.78, 5) is 10.9. The Hall–Kier alpha value is -1.46. The number of halogens is 1. The highest BCUT2D eigenvalue weighted by Crippen LogP contribution is 2.25. The number of aromatic carboxylic acids is 1. The van der Waals surface area contributed by atoms with E-state index in [0.717, 1.165) is 0 Å². The fourth-order valence-corrected chi connectivity index (χ4v) is 1.30. The molecule has 6 heteroatoms. The molecule has 1 aromatic carbocycles. The van der Waals surface area contributed by atoms with Crippen molar-refractivity contribution in [3.8, 4) is 5.75 Å². The second-order valence-corrected chi connectivity index (χ2v) is 3.50. The van der Waals surface area contributed by atoms with Gasteiger partial charge in [0.25, 0.3) is 0 Å². The van der Waals surface area contributed by atoms with Crippen LogP contribution in [-0.2, 0) is 0 Å². The molecule has 0 aliphatic rings. The van der Waals surface area contributed by atoms with Crippen LogP contribution in [0.2, 0.25) is 0 Å². The first kappa shape index (κ1) is 12.6. The molecule has 0 saturated heterocycles. The molecule has 0 aliphatic heterocycles. The summed E-state index contributed by atoms with van der Waals surface area (Å²) in [6, 6.07) is 4.30. The number of carboxylic acid groups (broad SMARTS) is 1. The molecule has 1 atom stereocenters. The Balaban J connectivity index is 2.87. The molecule has 16 heavy (non-hydrogen) atoms. The fourth-order valence-electron chi connectivity index (χ4n) is 1.19. The highest BCUT2D eigenvalue weighted by atomic mass is 35.5. The number of alkyl halides is 1. The zero-order valence-electron chi connectivity index (χ0n) is 8.35. The number of rotatable bonds is 5. The monoisotopic (exact) mass is 245 g/mol. The molecule has 88 valence electrons. The Labute approximate surface area is 97.3 Å². The van der Waals surface area contributed by atoms with Gasteiger partial charge in [-0.15, -0.1) is 11.6 Å². The van der Waals surface area contributed by atoms with E-state index in [-0.39, 0.29) is 29.4 Å². The lowest BCUT2D eigenvalue weighted by Crippen LogP contribution is -2.21. The lowest BCUT2D eigenvalue weighted by Gasteiger charge is -2.12. The van der Waals surface area contributed by atoms with Gasteiger partial charge in [-0.3, -0.25) is 0 Å². The number of aliphatic hydroxyl groups is 1. The quantitative estimate of drug-likeness (QED) is 0.584. The van der Waals surface area contributed by atoms with Crippen molar-refractivity contribution in [3.05, 3.63) is 23.8 Å². The van der Waals surface area contributed by atoms with Crippen LogP contribution in [0.15, 0.2) is 18.2 Å². The van der Waals surface area contributed by atoms with Gasteiger partial charge in [0, 0.05) is 6.54 Å². The van der Waals surface area contributed by atoms with E-state index in [9.17, 15) is 15.0 Å². The van der Waals surface area contributed by atoms with E-state index in [1.54, 1.807) is 0 Å². The third-order valence-electron chi connectivity index (χ3n) is 1.96. The van der Waals surface area contributed by atoms with Crippen LogP contribution >= 0.6 is 11.6 Å². The Bertz CT molecular complexity index is 383. The zero-order chi connectivity index (χ0) is 12.1. The molecule has 0 radical (unpaired) electrons. The van der Waals surface area contributed by atoms with E-state index in [1.165, 1.54) is 18.2 Å². The van der Waals surface area contributed by atoms with E-state index >= 15 is 0 Å². The topological polar surface area (TPSA) is 89.8 Å². The molecule has 0 saturated carbocycles. The molecular formula is C10H12ClNO4. The van der Waals surface area contributed by atoms with Crippen LogP contribution in [0.1, 0.15) is 10.4 Å². The molecule has 0 fully saturated rings. The van der Waals surface area contributed by atoms with Crippen molar-refractivity contribution in [2.75, 3.05) is 17.7 Å². The minimum atomic E-state index is -1.24. The molecule has 0 aliphatic carbocycles. The van der Waals surface area contributed by atoms with E-state index < -0.39 is 12.1 Å². The molecule has 1 unspecified atom stereocenters. The fraction of sp³-hybridized carbons (Fsp3) is 0.300. The predicted molar refractivity (Wildman–Crippen MR) is 60.3 cm³/mol. The SMILES string of the molecule is O=C(O)c1c(O)cccc1NCC(O)CCl. The highest BCUT2D eigenvalue weighted by Gasteiger charge is 2.15. The number of aliphatic hydroxyl groups excluding tert-OH is 1. The summed E-state index contributed by atoms with van der Waals surface area (Å²) in [6.45, 7) is 0.118. The molecule has 5 nitrogen and oxygen atoms in total. The first-order valence-electron chi connectivity index (χ1n) is 4.59. The van der Waals surface area contributed by atoms with Gasteiger partial charge in [-0.25, -0.2) is 4.79 Å². The molecule has 0 bridgehead atoms. The molecule has 0 amide bonds. The second kappa shape index (κ2) is 5.58. The van der Waals surface area contributed by atoms with Crippen LogP contribution < -0.4 is 5.32 Å². The third kappa shape index (κ3) is 3.01. The number of benzene rings is 1. The molecule has 1 aromatic rings. The van der Waals surface area contributed by atoms with Gasteiger partial charge in [-0.1, -0.05) is 6.07 Å². The van der Waals surface area contributed by atoms with Crippen LogP contribution in [0.25, 0.3) is 0 Å². The maximum atomic E-state index is 10.9. The van der Waals surface area contributed by atoms with Crippen molar-refractivity contribution in [3.63, 3.8) is 0 Å². The van der Waals surface area contributed by atoms with Crippen LogP contribution in [0, 0.1) is 0 Å². The van der Waals surface area contributed by atoms with E-state index in [0.29, 0.717) is 0 Å². The number of aromatic hydroxyl groups is 1. The number of hydrogen-bond acceptors (Lipinski definition) is 4. The second-order valence-electron chi connectivity index (χ2n) is 3.19. The van der Waals surface area contributed by atoms with Crippen LogP contribution in [0.5, 0.6) is 5.75 Å². The zero-order valence-corrected chi connectivity index (χ0v) is 9.11. The van der Waals surface area contributed by atoms with Gasteiger partial charge in [0.15, 0.2) is 0 Å². The maximum Gasteiger partial charge on any atom is 0.341 e. The Morgan fingerprint density at radius 1 is 1.50 bits per heavy atom. The van der Waals surface area contributed by atoms with Crippen molar-refractivity contribution < 1.29 is 20.1 Å². The average molecular weight is 246 g/mol. The molecular weight excluding hydrogens is 234 g/mol. The van der Waals surface area contributed by atoms with Gasteiger partial charge < -0.3 is 20.6 Å². The first-order valence-corrected chi connectivity index (χ1v) is 5.13. The van der Waals surface area contributed by atoms with Crippen molar-refractivity contribution in [2.24, 2.45) is 0 Å². The molecule has 0 aromatic heterocycles. The van der Waals surface area contributed by atoms with Gasteiger partial charge >= 0.3 is 5.97 Å².